The van der Waals surface area contributed by atoms with Gasteiger partial charge in [-0.3, -0.25) is 9.38 Å². The first kappa shape index (κ1) is 22.7. The number of hydrogen-bond donors (Lipinski definition) is 0. The lowest BCUT2D eigenvalue weighted by molar-refractivity contribution is 0.281. The van der Waals surface area contributed by atoms with E-state index in [1.54, 1.807) is 18.3 Å². The highest BCUT2D eigenvalue weighted by Crippen LogP contribution is 2.29. The van der Waals surface area contributed by atoms with Gasteiger partial charge in [0, 0.05) is 30.1 Å². The Morgan fingerprint density at radius 3 is 2.51 bits per heavy atom. The van der Waals surface area contributed by atoms with Gasteiger partial charge in [-0.1, -0.05) is 12.1 Å². The number of nitrogens with zero attached hydrogens (tertiary/aromatic N) is 4. The summed E-state index contributed by atoms with van der Waals surface area (Å²) >= 11 is 0. The topological polar surface area (TPSA) is 42.7 Å². The highest BCUT2D eigenvalue weighted by atomic mass is 19.1. The fraction of sp³-hybridized carbons (Fsp3) is 0.172. The molecule has 0 aliphatic carbocycles. The highest BCUT2D eigenvalue weighted by Gasteiger charge is 2.10. The summed E-state index contributed by atoms with van der Waals surface area (Å²) in [6.07, 6.45) is 6.66. The second kappa shape index (κ2) is 10.1. The number of imidazole rings is 1. The Morgan fingerprint density at radius 1 is 0.857 bits per heavy atom. The summed E-state index contributed by atoms with van der Waals surface area (Å²) in [5.74, 6) is 0.610. The molecule has 0 aliphatic heterocycles. The fourth-order valence-corrected chi connectivity index (χ4v) is 4.08. The molecule has 0 fully saturated rings. The number of hydrogen-bond acceptors (Lipinski definition) is 4. The number of aromatic nitrogens is 3. The van der Waals surface area contributed by atoms with Gasteiger partial charge in [0.1, 0.15) is 17.2 Å². The fourth-order valence-electron chi connectivity index (χ4n) is 4.08. The van der Waals surface area contributed by atoms with Crippen molar-refractivity contribution in [3.05, 3.63) is 97.2 Å². The molecular formula is C29H27FN4O. The molecule has 0 amide bonds. The third-order valence-electron chi connectivity index (χ3n) is 5.89. The zero-order chi connectivity index (χ0) is 24.2. The summed E-state index contributed by atoms with van der Waals surface area (Å²) in [6, 6.07) is 22.7. The van der Waals surface area contributed by atoms with Gasteiger partial charge >= 0.3 is 0 Å². The molecule has 5 nitrogen and oxygen atoms in total. The Hall–Kier alpha value is -4.03. The number of ether oxygens (including phenoxy) is 1. The van der Waals surface area contributed by atoms with E-state index in [1.807, 2.05) is 36.7 Å². The van der Waals surface area contributed by atoms with E-state index in [2.05, 4.69) is 57.6 Å². The van der Waals surface area contributed by atoms with Crippen LogP contribution < -0.4 is 4.74 Å². The first-order valence-electron chi connectivity index (χ1n) is 11.6. The average Bonchev–Trinajstić information content (AvgIpc) is 3.31. The maximum absolute atomic E-state index is 13.3. The van der Waals surface area contributed by atoms with Crippen LogP contribution in [0.3, 0.4) is 0 Å². The lowest BCUT2D eigenvalue weighted by atomic mass is 10.1. The van der Waals surface area contributed by atoms with Crippen LogP contribution in [0.15, 0.2) is 91.4 Å². The average molecular weight is 467 g/mol. The Balaban J connectivity index is 1.39. The molecule has 5 aromatic rings. The molecule has 0 saturated heterocycles. The molecule has 3 heterocycles. The molecule has 0 unspecified atom stereocenters. The molecule has 0 aliphatic rings. The van der Waals surface area contributed by atoms with Crippen LogP contribution in [0.4, 0.5) is 4.39 Å². The van der Waals surface area contributed by atoms with Crippen LogP contribution in [0.25, 0.3) is 39.3 Å². The summed E-state index contributed by atoms with van der Waals surface area (Å²) in [7, 11) is 4.13. The normalized spacial score (nSPS) is 11.3. The highest BCUT2D eigenvalue weighted by molar-refractivity contribution is 5.73. The molecule has 5 rings (SSSR count). The van der Waals surface area contributed by atoms with Gasteiger partial charge in [0.2, 0.25) is 0 Å². The van der Waals surface area contributed by atoms with Gasteiger partial charge in [0.25, 0.3) is 0 Å². The first-order valence-corrected chi connectivity index (χ1v) is 11.6. The van der Waals surface area contributed by atoms with Gasteiger partial charge in [-0.2, -0.15) is 0 Å². The van der Waals surface area contributed by atoms with Crippen LogP contribution in [0.1, 0.15) is 6.42 Å². The summed E-state index contributed by atoms with van der Waals surface area (Å²) in [5.41, 5.74) is 6.64. The minimum atomic E-state index is -0.260. The van der Waals surface area contributed by atoms with Gasteiger partial charge in [-0.15, -0.1) is 0 Å². The molecule has 2 aromatic carbocycles. The lowest BCUT2D eigenvalue weighted by Crippen LogP contribution is -2.15. The van der Waals surface area contributed by atoms with Crippen LogP contribution in [0, 0.1) is 5.82 Å². The van der Waals surface area contributed by atoms with E-state index in [0.717, 1.165) is 58.0 Å². The molecular weight excluding hydrogens is 439 g/mol. The van der Waals surface area contributed by atoms with Crippen LogP contribution in [0.2, 0.25) is 0 Å². The molecule has 0 radical (unpaired) electrons. The van der Waals surface area contributed by atoms with E-state index in [4.69, 9.17) is 4.74 Å². The van der Waals surface area contributed by atoms with Crippen LogP contribution >= 0.6 is 0 Å². The van der Waals surface area contributed by atoms with Crippen molar-refractivity contribution in [2.75, 3.05) is 27.2 Å². The van der Waals surface area contributed by atoms with Gasteiger partial charge < -0.3 is 9.64 Å². The summed E-state index contributed by atoms with van der Waals surface area (Å²) < 4.78 is 21.3. The van der Waals surface area contributed by atoms with Gasteiger partial charge in [-0.25, -0.2) is 9.37 Å². The molecule has 0 bridgehead atoms. The maximum Gasteiger partial charge on any atom is 0.137 e. The second-order valence-electron chi connectivity index (χ2n) is 8.76. The van der Waals surface area contributed by atoms with E-state index in [9.17, 15) is 4.39 Å². The van der Waals surface area contributed by atoms with Crippen molar-refractivity contribution in [3.63, 3.8) is 0 Å². The Bertz CT molecular complexity index is 1440. The van der Waals surface area contributed by atoms with Crippen molar-refractivity contribution in [3.8, 4) is 39.4 Å². The third-order valence-corrected chi connectivity index (χ3v) is 5.89. The van der Waals surface area contributed by atoms with E-state index in [-0.39, 0.29) is 5.82 Å². The summed E-state index contributed by atoms with van der Waals surface area (Å²) in [4.78, 5) is 11.3. The second-order valence-corrected chi connectivity index (χ2v) is 8.76. The van der Waals surface area contributed by atoms with E-state index >= 15 is 0 Å². The van der Waals surface area contributed by atoms with Gasteiger partial charge in [0.15, 0.2) is 0 Å². The Kier molecular flexibility index (Phi) is 6.55. The van der Waals surface area contributed by atoms with Crippen LogP contribution in [-0.4, -0.2) is 46.5 Å². The predicted molar refractivity (Wildman–Crippen MR) is 138 cm³/mol. The summed E-state index contributed by atoms with van der Waals surface area (Å²) in [6.45, 7) is 1.69. The SMILES string of the molecule is CN(C)CCCOc1cccc(-c2ccn3c(-c4ccnc(-c5ccc(F)cc5)c4)cnc3c2)c1. The zero-order valence-electron chi connectivity index (χ0n) is 19.9. The molecule has 0 spiro atoms. The van der Waals surface area contributed by atoms with Crippen molar-refractivity contribution in [1.29, 1.82) is 0 Å². The molecule has 35 heavy (non-hydrogen) atoms. The Morgan fingerprint density at radius 2 is 1.69 bits per heavy atom. The van der Waals surface area contributed by atoms with Crippen molar-refractivity contribution >= 4 is 5.65 Å². The van der Waals surface area contributed by atoms with Crippen molar-refractivity contribution in [2.45, 2.75) is 6.42 Å². The minimum absolute atomic E-state index is 0.260. The van der Waals surface area contributed by atoms with Crippen molar-refractivity contribution in [1.82, 2.24) is 19.3 Å². The molecule has 176 valence electrons. The molecule has 3 aromatic heterocycles. The number of halogens is 1. The third kappa shape index (κ3) is 5.23. The van der Waals surface area contributed by atoms with Gasteiger partial charge in [0.05, 0.1) is 24.2 Å². The zero-order valence-corrected chi connectivity index (χ0v) is 19.9. The lowest BCUT2D eigenvalue weighted by Gasteiger charge is -2.11. The van der Waals surface area contributed by atoms with E-state index in [1.165, 1.54) is 12.1 Å². The largest absolute Gasteiger partial charge is 0.494 e. The minimum Gasteiger partial charge on any atom is -0.494 e. The van der Waals surface area contributed by atoms with E-state index < -0.39 is 0 Å². The molecule has 6 heteroatoms. The number of fused-ring (bicyclic) bond motifs is 1. The quantitative estimate of drug-likeness (QED) is 0.255. The maximum atomic E-state index is 13.3. The Labute approximate surface area is 204 Å². The van der Waals surface area contributed by atoms with Crippen molar-refractivity contribution in [2.24, 2.45) is 0 Å². The van der Waals surface area contributed by atoms with E-state index in [0.29, 0.717) is 6.61 Å². The van der Waals surface area contributed by atoms with Gasteiger partial charge in [-0.05, 0) is 92.3 Å². The first-order chi connectivity index (χ1) is 17.1. The van der Waals surface area contributed by atoms with Crippen molar-refractivity contribution < 1.29 is 9.13 Å². The number of rotatable bonds is 8. The van der Waals surface area contributed by atoms with Crippen LogP contribution in [0.5, 0.6) is 5.75 Å². The smallest absolute Gasteiger partial charge is 0.137 e. The van der Waals surface area contributed by atoms with Crippen LogP contribution in [-0.2, 0) is 0 Å². The molecule has 0 N–H and O–H groups in total. The molecule has 0 atom stereocenters. The number of benzene rings is 2. The number of pyridine rings is 2. The monoisotopic (exact) mass is 466 g/mol. The molecule has 0 saturated carbocycles. The predicted octanol–water partition coefficient (Wildman–Crippen LogP) is 6.20. The summed E-state index contributed by atoms with van der Waals surface area (Å²) in [5, 5.41) is 0. The standard InChI is InChI=1S/C29H27FN4O/c1-33(2)14-4-16-35-26-6-3-5-22(17-26)23-12-15-34-28(20-32-29(34)19-23)24-11-13-31-27(18-24)21-7-9-25(30)10-8-21/h3,5-13,15,17-20H,4,14,16H2,1-2H3.